The third-order valence-corrected chi connectivity index (χ3v) is 6.70. The number of amides is 1. The monoisotopic (exact) mass is 481 g/mol. The van der Waals surface area contributed by atoms with E-state index in [9.17, 15) is 4.79 Å². The second kappa shape index (κ2) is 11.2. The average Bonchev–Trinajstić information content (AvgIpc) is 3.42. The van der Waals surface area contributed by atoms with Crippen molar-refractivity contribution in [2.75, 3.05) is 24.5 Å². The van der Waals surface area contributed by atoms with Crippen molar-refractivity contribution in [1.82, 2.24) is 20.4 Å². The van der Waals surface area contributed by atoms with E-state index in [0.717, 1.165) is 55.7 Å². The van der Waals surface area contributed by atoms with E-state index in [-0.39, 0.29) is 11.8 Å². The van der Waals surface area contributed by atoms with Gasteiger partial charge >= 0.3 is 0 Å². The van der Waals surface area contributed by atoms with E-state index in [1.54, 1.807) is 6.20 Å². The van der Waals surface area contributed by atoms with E-state index >= 15 is 0 Å². The summed E-state index contributed by atoms with van der Waals surface area (Å²) in [6.07, 6.45) is 5.28. The Labute approximate surface area is 211 Å². The molecule has 3 heterocycles. The molecule has 0 saturated carbocycles. The lowest BCUT2D eigenvalue weighted by Crippen LogP contribution is -2.41. The minimum absolute atomic E-state index is 0.0293. The molecule has 2 aromatic heterocycles. The molecule has 1 amide bonds. The van der Waals surface area contributed by atoms with E-state index in [1.165, 1.54) is 11.1 Å². The molecule has 1 saturated heterocycles. The molecule has 1 aliphatic rings. The third kappa shape index (κ3) is 5.62. The Kier molecular flexibility index (Phi) is 7.36. The predicted octanol–water partition coefficient (Wildman–Crippen LogP) is 5.07. The second-order valence-electron chi connectivity index (χ2n) is 9.31. The van der Waals surface area contributed by atoms with Crippen molar-refractivity contribution in [2.24, 2.45) is 5.92 Å². The first-order valence-corrected chi connectivity index (χ1v) is 12.6. The predicted molar refractivity (Wildman–Crippen MR) is 140 cm³/mol. The zero-order chi connectivity index (χ0) is 24.7. The second-order valence-corrected chi connectivity index (χ2v) is 9.31. The topological polar surface area (TPSA) is 84.2 Å². The van der Waals surface area contributed by atoms with Crippen molar-refractivity contribution in [2.45, 2.75) is 32.6 Å². The summed E-state index contributed by atoms with van der Waals surface area (Å²) in [7, 11) is 0. The van der Waals surface area contributed by atoms with Crippen LogP contribution in [0, 0.1) is 12.8 Å². The number of rotatable bonds is 8. The van der Waals surface area contributed by atoms with E-state index in [1.807, 2.05) is 49.4 Å². The first kappa shape index (κ1) is 23.7. The molecule has 7 nitrogen and oxygen atoms in total. The number of nitrogens with zero attached hydrogens (tertiary/aromatic N) is 4. The van der Waals surface area contributed by atoms with Gasteiger partial charge in [-0.2, -0.15) is 4.98 Å². The van der Waals surface area contributed by atoms with Crippen LogP contribution in [0.3, 0.4) is 0 Å². The number of hydrogen-bond donors (Lipinski definition) is 1. The number of pyridine rings is 1. The molecule has 1 fully saturated rings. The van der Waals surface area contributed by atoms with Crippen LogP contribution in [0.4, 0.5) is 5.82 Å². The quantitative estimate of drug-likeness (QED) is 0.354. The van der Waals surface area contributed by atoms with Gasteiger partial charge in [-0.15, -0.1) is 0 Å². The van der Waals surface area contributed by atoms with Crippen LogP contribution in [0.2, 0.25) is 0 Å². The average molecular weight is 482 g/mol. The van der Waals surface area contributed by atoms with Crippen LogP contribution in [0.15, 0.2) is 77.4 Å². The number of carbonyl (C=O) groups excluding carboxylic acids is 1. The fourth-order valence-corrected chi connectivity index (χ4v) is 4.62. The van der Waals surface area contributed by atoms with E-state index < -0.39 is 0 Å². The summed E-state index contributed by atoms with van der Waals surface area (Å²) in [5.74, 6) is 2.01. The highest BCUT2D eigenvalue weighted by molar-refractivity contribution is 5.79. The van der Waals surface area contributed by atoms with Crippen LogP contribution < -0.4 is 10.2 Å². The van der Waals surface area contributed by atoms with Crippen molar-refractivity contribution < 1.29 is 9.32 Å². The standard InChI is InChI=1S/C29H31N5O2/c1-21-11-13-23(14-12-21)26-32-29(36-33-26)25-10-6-17-30-27(25)34-19-15-24(16-20-34)28(35)31-18-5-9-22-7-3-2-4-8-22/h2-4,6-8,10-14,17,24H,5,9,15-16,18-20H2,1H3,(H,31,35). The Morgan fingerprint density at radius 1 is 1.03 bits per heavy atom. The zero-order valence-electron chi connectivity index (χ0n) is 20.6. The summed E-state index contributed by atoms with van der Waals surface area (Å²) in [5, 5.41) is 7.31. The molecule has 1 aliphatic heterocycles. The van der Waals surface area contributed by atoms with Crippen LogP contribution in [0.5, 0.6) is 0 Å². The molecule has 0 atom stereocenters. The molecule has 0 spiro atoms. The lowest BCUT2D eigenvalue weighted by atomic mass is 9.95. The number of piperidine rings is 1. The molecule has 0 radical (unpaired) electrons. The maximum atomic E-state index is 12.7. The molecule has 4 aromatic rings. The van der Waals surface area contributed by atoms with Crippen LogP contribution in [0.1, 0.15) is 30.4 Å². The van der Waals surface area contributed by atoms with Crippen LogP contribution in [-0.2, 0) is 11.2 Å². The number of carbonyl (C=O) groups is 1. The molecule has 0 aliphatic carbocycles. The first-order valence-electron chi connectivity index (χ1n) is 12.6. The van der Waals surface area contributed by atoms with Crippen LogP contribution >= 0.6 is 0 Å². The fraction of sp³-hybridized carbons (Fsp3) is 0.310. The van der Waals surface area contributed by atoms with Gasteiger partial charge in [0.1, 0.15) is 5.82 Å². The molecule has 0 bridgehead atoms. The van der Waals surface area contributed by atoms with Crippen molar-refractivity contribution >= 4 is 11.7 Å². The lowest BCUT2D eigenvalue weighted by molar-refractivity contribution is -0.125. The Balaban J connectivity index is 1.17. The van der Waals surface area contributed by atoms with Crippen molar-refractivity contribution in [1.29, 1.82) is 0 Å². The van der Waals surface area contributed by atoms with Gasteiger partial charge in [0.2, 0.25) is 11.7 Å². The molecule has 2 aromatic carbocycles. The highest BCUT2D eigenvalue weighted by atomic mass is 16.5. The van der Waals surface area contributed by atoms with Gasteiger partial charge in [0.15, 0.2) is 0 Å². The summed E-state index contributed by atoms with van der Waals surface area (Å²) in [6, 6.07) is 22.3. The molecule has 36 heavy (non-hydrogen) atoms. The van der Waals surface area contributed by atoms with Gasteiger partial charge in [0.05, 0.1) is 5.56 Å². The van der Waals surface area contributed by atoms with Gasteiger partial charge in [-0.05, 0) is 50.3 Å². The van der Waals surface area contributed by atoms with Crippen molar-refractivity contribution in [3.8, 4) is 22.8 Å². The number of hydrogen-bond acceptors (Lipinski definition) is 6. The summed E-state index contributed by atoms with van der Waals surface area (Å²) >= 11 is 0. The zero-order valence-corrected chi connectivity index (χ0v) is 20.6. The Morgan fingerprint density at radius 2 is 1.81 bits per heavy atom. The van der Waals surface area contributed by atoms with E-state index in [4.69, 9.17) is 4.52 Å². The SMILES string of the molecule is Cc1ccc(-c2noc(-c3cccnc3N3CCC(C(=O)NCCCc4ccccc4)CC3)n2)cc1. The van der Waals surface area contributed by atoms with Gasteiger partial charge in [0.25, 0.3) is 5.89 Å². The Morgan fingerprint density at radius 3 is 2.58 bits per heavy atom. The summed E-state index contributed by atoms with van der Waals surface area (Å²) in [6.45, 7) is 4.27. The van der Waals surface area contributed by atoms with Gasteiger partial charge in [0, 0.05) is 37.3 Å². The summed E-state index contributed by atoms with van der Waals surface area (Å²) in [4.78, 5) is 24.2. The van der Waals surface area contributed by atoms with Gasteiger partial charge < -0.3 is 14.7 Å². The smallest absolute Gasteiger partial charge is 0.261 e. The van der Waals surface area contributed by atoms with Crippen LogP contribution in [-0.4, -0.2) is 40.7 Å². The summed E-state index contributed by atoms with van der Waals surface area (Å²) < 4.78 is 5.62. The highest BCUT2D eigenvalue weighted by Crippen LogP contribution is 2.32. The fourth-order valence-electron chi connectivity index (χ4n) is 4.62. The van der Waals surface area contributed by atoms with Gasteiger partial charge in [-0.3, -0.25) is 4.79 Å². The first-order chi connectivity index (χ1) is 17.7. The van der Waals surface area contributed by atoms with E-state index in [0.29, 0.717) is 18.3 Å². The number of aromatic nitrogens is 3. The van der Waals surface area contributed by atoms with Gasteiger partial charge in [-0.1, -0.05) is 65.3 Å². The lowest BCUT2D eigenvalue weighted by Gasteiger charge is -2.32. The van der Waals surface area contributed by atoms with E-state index in [2.05, 4.69) is 49.6 Å². The number of aryl methyl sites for hydroxylation is 2. The number of benzene rings is 2. The summed E-state index contributed by atoms with van der Waals surface area (Å²) in [5.41, 5.74) is 4.21. The minimum atomic E-state index is 0.0293. The van der Waals surface area contributed by atoms with Crippen molar-refractivity contribution in [3.63, 3.8) is 0 Å². The molecule has 1 N–H and O–H groups in total. The molecule has 7 heteroatoms. The molecule has 5 rings (SSSR count). The largest absolute Gasteiger partial charge is 0.356 e. The molecule has 0 unspecified atom stereocenters. The third-order valence-electron chi connectivity index (χ3n) is 6.70. The Hall–Kier alpha value is -4.00. The highest BCUT2D eigenvalue weighted by Gasteiger charge is 2.27. The molecule has 184 valence electrons. The minimum Gasteiger partial charge on any atom is -0.356 e. The molecular weight excluding hydrogens is 450 g/mol. The van der Waals surface area contributed by atoms with Crippen LogP contribution in [0.25, 0.3) is 22.8 Å². The number of nitrogens with one attached hydrogen (secondary N) is 1. The maximum Gasteiger partial charge on any atom is 0.261 e. The maximum absolute atomic E-state index is 12.7. The van der Waals surface area contributed by atoms with Gasteiger partial charge in [-0.25, -0.2) is 4.98 Å². The Bertz CT molecular complexity index is 1280. The normalized spacial score (nSPS) is 14.1. The van der Waals surface area contributed by atoms with Crippen molar-refractivity contribution in [3.05, 3.63) is 84.1 Å². The molecular formula is C29H31N5O2. The number of anilines is 1.